The van der Waals surface area contributed by atoms with Gasteiger partial charge in [-0.2, -0.15) is 0 Å². The maximum Gasteiger partial charge on any atom is 0.327 e. The summed E-state index contributed by atoms with van der Waals surface area (Å²) in [7, 11) is 3.79. The number of methoxy groups -OCH3 is 1. The van der Waals surface area contributed by atoms with E-state index in [4.69, 9.17) is 15.2 Å². The number of rotatable bonds is 5. The first-order valence-electron chi connectivity index (χ1n) is 10.6. The van der Waals surface area contributed by atoms with E-state index in [1.165, 1.54) is 10.9 Å². The molecule has 6 nitrogen and oxygen atoms in total. The topological polar surface area (TPSA) is 80.6 Å². The molecule has 0 amide bonds. The number of aromatic amines is 1. The molecule has 0 spiro atoms. The van der Waals surface area contributed by atoms with Crippen LogP contribution in [0.3, 0.4) is 0 Å². The van der Waals surface area contributed by atoms with Gasteiger partial charge in [0.25, 0.3) is 0 Å². The van der Waals surface area contributed by atoms with Crippen molar-refractivity contribution in [2.75, 3.05) is 20.7 Å². The summed E-state index contributed by atoms with van der Waals surface area (Å²) in [6.07, 6.45) is 5.02. The van der Waals surface area contributed by atoms with Gasteiger partial charge in [0, 0.05) is 30.8 Å². The Labute approximate surface area is 181 Å². The molecule has 1 aromatic heterocycles. The summed E-state index contributed by atoms with van der Waals surface area (Å²) < 4.78 is 11.7. The molecule has 0 saturated heterocycles. The third-order valence-electron chi connectivity index (χ3n) is 6.70. The van der Waals surface area contributed by atoms with Crippen LogP contribution in [0.5, 0.6) is 0 Å². The number of aromatic nitrogens is 1. The van der Waals surface area contributed by atoms with Gasteiger partial charge in [-0.15, -0.1) is 0 Å². The van der Waals surface area contributed by atoms with Gasteiger partial charge in [-0.3, -0.25) is 4.90 Å². The highest BCUT2D eigenvalue weighted by molar-refractivity contribution is 5.89. The minimum Gasteiger partial charge on any atom is -0.459 e. The number of nitrogens with one attached hydrogen (secondary N) is 1. The normalized spacial score (nSPS) is 23.8. The molecule has 2 aromatic carbocycles. The summed E-state index contributed by atoms with van der Waals surface area (Å²) in [5.74, 6) is -0.426. The number of H-pyrrole nitrogens is 1. The summed E-state index contributed by atoms with van der Waals surface area (Å²) >= 11 is 0. The second kappa shape index (κ2) is 7.64. The number of hydrogen-bond donors (Lipinski definition) is 2. The van der Waals surface area contributed by atoms with Gasteiger partial charge in [-0.05, 0) is 47.9 Å². The zero-order valence-electron chi connectivity index (χ0n) is 17.8. The first-order valence-corrected chi connectivity index (χ1v) is 10.6. The number of carbonyl (C=O) groups is 1. The number of carbonyl (C=O) groups excluding carboxylic acids is 1. The number of ether oxygens (including phenoxy) is 2. The maximum absolute atomic E-state index is 12.8. The highest BCUT2D eigenvalue weighted by Crippen LogP contribution is 2.47. The lowest BCUT2D eigenvalue weighted by molar-refractivity contribution is -0.145. The molecule has 6 heteroatoms. The standard InChI is InChI=1S/C25H27N3O3/c1-28-14-18(23(26)24(29)31-15-16-7-4-3-5-8-16)12-25(30-2)19-9-6-10-20-22(19)17(13-27-20)11-21(25)28/h3-10,12-13,21,23,27H,11,14-15,26H2,1-2H3/t21-,23?,25+/m1/s1. The molecule has 160 valence electrons. The minimum atomic E-state index is -0.842. The van der Waals surface area contributed by atoms with Crippen LogP contribution in [-0.4, -0.2) is 48.6 Å². The zero-order valence-corrected chi connectivity index (χ0v) is 17.8. The average molecular weight is 418 g/mol. The Kier molecular flexibility index (Phi) is 4.93. The fourth-order valence-corrected chi connectivity index (χ4v) is 5.12. The summed E-state index contributed by atoms with van der Waals surface area (Å²) in [6, 6.07) is 15.1. The third-order valence-corrected chi connectivity index (χ3v) is 6.70. The average Bonchev–Trinajstić information content (AvgIpc) is 3.22. The fourth-order valence-electron chi connectivity index (χ4n) is 5.12. The van der Waals surface area contributed by atoms with Gasteiger partial charge in [0.05, 0.1) is 6.04 Å². The lowest BCUT2D eigenvalue weighted by Crippen LogP contribution is -2.57. The summed E-state index contributed by atoms with van der Waals surface area (Å²) in [5, 5.41) is 1.20. The van der Waals surface area contributed by atoms with Crippen molar-refractivity contribution >= 4 is 16.9 Å². The molecule has 2 heterocycles. The van der Waals surface area contributed by atoms with Gasteiger partial charge < -0.3 is 20.2 Å². The second-order valence-corrected chi connectivity index (χ2v) is 8.46. The molecule has 0 radical (unpaired) electrons. The summed E-state index contributed by atoms with van der Waals surface area (Å²) in [6.45, 7) is 0.799. The number of hydrogen-bond acceptors (Lipinski definition) is 5. The SMILES string of the molecule is CO[C@]12C=C(C(N)C(=O)OCc3ccccc3)CN(C)[C@@H]1Cc1c[nH]c3cccc2c13. The molecule has 0 saturated carbocycles. The molecule has 1 aliphatic heterocycles. The number of benzene rings is 2. The molecule has 1 unspecified atom stereocenters. The Morgan fingerprint density at radius 2 is 2.06 bits per heavy atom. The molecule has 3 aromatic rings. The van der Waals surface area contributed by atoms with Crippen LogP contribution in [-0.2, 0) is 32.9 Å². The van der Waals surface area contributed by atoms with Crippen molar-refractivity contribution in [1.82, 2.24) is 9.88 Å². The monoisotopic (exact) mass is 417 g/mol. The van der Waals surface area contributed by atoms with Gasteiger partial charge in [-0.1, -0.05) is 42.5 Å². The van der Waals surface area contributed by atoms with Crippen molar-refractivity contribution < 1.29 is 14.3 Å². The molecule has 3 atom stereocenters. The molecular formula is C25H27N3O3. The van der Waals surface area contributed by atoms with Crippen molar-refractivity contribution in [3.63, 3.8) is 0 Å². The Bertz CT molecular complexity index is 1150. The van der Waals surface area contributed by atoms with Gasteiger partial charge in [-0.25, -0.2) is 4.79 Å². The second-order valence-electron chi connectivity index (χ2n) is 8.46. The van der Waals surface area contributed by atoms with Gasteiger partial charge in [0.1, 0.15) is 18.2 Å². The molecule has 2 aliphatic rings. The Morgan fingerprint density at radius 3 is 2.84 bits per heavy atom. The van der Waals surface area contributed by atoms with Crippen LogP contribution in [0.2, 0.25) is 0 Å². The molecule has 5 rings (SSSR count). The Morgan fingerprint density at radius 1 is 1.26 bits per heavy atom. The van der Waals surface area contributed by atoms with Crippen molar-refractivity contribution in [3.05, 3.63) is 83.1 Å². The van der Waals surface area contributed by atoms with E-state index in [0.29, 0.717) is 6.54 Å². The Hall–Kier alpha value is -2.93. The van der Waals surface area contributed by atoms with E-state index in [9.17, 15) is 4.79 Å². The lowest BCUT2D eigenvalue weighted by Gasteiger charge is -2.49. The molecule has 0 bridgehead atoms. The van der Waals surface area contributed by atoms with E-state index < -0.39 is 17.6 Å². The summed E-state index contributed by atoms with van der Waals surface area (Å²) in [4.78, 5) is 18.4. The fraction of sp³-hybridized carbons (Fsp3) is 0.320. The molecule has 31 heavy (non-hydrogen) atoms. The van der Waals surface area contributed by atoms with E-state index in [1.54, 1.807) is 7.11 Å². The highest BCUT2D eigenvalue weighted by atomic mass is 16.5. The minimum absolute atomic E-state index is 0.114. The van der Waals surface area contributed by atoms with Crippen LogP contribution in [0.4, 0.5) is 0 Å². The molecule has 0 fully saturated rings. The van der Waals surface area contributed by atoms with Crippen molar-refractivity contribution in [2.24, 2.45) is 5.73 Å². The van der Waals surface area contributed by atoms with Crippen LogP contribution in [0.15, 0.2) is 66.4 Å². The molecule has 1 aliphatic carbocycles. The van der Waals surface area contributed by atoms with Gasteiger partial charge in [0.15, 0.2) is 0 Å². The van der Waals surface area contributed by atoms with E-state index in [2.05, 4.69) is 41.3 Å². The number of fused-ring (bicyclic) bond motifs is 2. The molecule has 3 N–H and O–H groups in total. The predicted molar refractivity (Wildman–Crippen MR) is 119 cm³/mol. The smallest absolute Gasteiger partial charge is 0.327 e. The first kappa shape index (κ1) is 20.0. The first-order chi connectivity index (χ1) is 15.0. The maximum atomic E-state index is 12.8. The lowest BCUT2D eigenvalue weighted by atomic mass is 9.72. The number of nitrogens with zero attached hydrogens (tertiary/aromatic N) is 1. The highest BCUT2D eigenvalue weighted by Gasteiger charge is 2.49. The van der Waals surface area contributed by atoms with Crippen molar-refractivity contribution in [1.29, 1.82) is 0 Å². The van der Waals surface area contributed by atoms with Crippen LogP contribution < -0.4 is 5.73 Å². The van der Waals surface area contributed by atoms with Crippen molar-refractivity contribution in [2.45, 2.75) is 30.7 Å². The largest absolute Gasteiger partial charge is 0.459 e. The van der Waals surface area contributed by atoms with Crippen LogP contribution in [0.25, 0.3) is 10.9 Å². The molecular weight excluding hydrogens is 390 g/mol. The summed E-state index contributed by atoms with van der Waals surface area (Å²) in [5.41, 5.74) is 11.0. The van der Waals surface area contributed by atoms with Gasteiger partial charge in [0.2, 0.25) is 0 Å². The van der Waals surface area contributed by atoms with E-state index in [1.807, 2.05) is 36.4 Å². The van der Waals surface area contributed by atoms with Crippen LogP contribution in [0, 0.1) is 0 Å². The zero-order chi connectivity index (χ0) is 21.6. The predicted octanol–water partition coefficient (Wildman–Crippen LogP) is 2.88. The number of esters is 1. The van der Waals surface area contributed by atoms with E-state index in [-0.39, 0.29) is 12.6 Å². The number of nitrogens with two attached hydrogens (primary N) is 1. The van der Waals surface area contributed by atoms with E-state index in [0.717, 1.165) is 28.6 Å². The quantitative estimate of drug-likeness (QED) is 0.493. The Balaban J connectivity index is 1.49. The van der Waals surface area contributed by atoms with Crippen molar-refractivity contribution in [3.8, 4) is 0 Å². The van der Waals surface area contributed by atoms with Crippen LogP contribution >= 0.6 is 0 Å². The van der Waals surface area contributed by atoms with Gasteiger partial charge >= 0.3 is 5.97 Å². The number of likely N-dealkylation sites (N-methyl/N-ethyl adjacent to an activating group) is 1. The third kappa shape index (κ3) is 3.19. The van der Waals surface area contributed by atoms with Crippen LogP contribution in [0.1, 0.15) is 16.7 Å². The van der Waals surface area contributed by atoms with E-state index >= 15 is 0 Å².